The molecule has 22 heavy (non-hydrogen) atoms. The van der Waals surface area contributed by atoms with Gasteiger partial charge in [0.15, 0.2) is 0 Å². The Morgan fingerprint density at radius 2 is 1.73 bits per heavy atom. The Morgan fingerprint density at radius 1 is 1.00 bits per heavy atom. The average molecular weight is 299 g/mol. The number of phenolic OH excluding ortho intramolecular Hbond substituents is 2. The summed E-state index contributed by atoms with van der Waals surface area (Å²) in [6, 6.07) is 12.5. The zero-order valence-corrected chi connectivity index (χ0v) is 12.4. The summed E-state index contributed by atoms with van der Waals surface area (Å²) in [6.45, 7) is 0.476. The fourth-order valence-corrected chi connectivity index (χ4v) is 3.01. The van der Waals surface area contributed by atoms with Gasteiger partial charge in [-0.1, -0.05) is 18.2 Å². The molecule has 0 saturated carbocycles. The second-order valence-electron chi connectivity index (χ2n) is 5.91. The molecule has 0 spiro atoms. The van der Waals surface area contributed by atoms with Crippen LogP contribution in [0.5, 0.6) is 11.5 Å². The third-order valence-electron chi connectivity index (χ3n) is 4.30. The van der Waals surface area contributed by atoms with E-state index in [1.165, 1.54) is 11.1 Å². The lowest BCUT2D eigenvalue weighted by Gasteiger charge is -2.26. The Hall–Kier alpha value is -2.04. The maximum atomic E-state index is 10.2. The number of aromatic hydroxyl groups is 2. The molecular formula is C18H21NO3. The minimum atomic E-state index is -0.592. The number of fused-ring (bicyclic) bond motifs is 1. The standard InChI is InChI=1S/C18H21NO3/c20-16-6-3-13(4-7-16)18(22)11-19-15-5-1-12-2-8-17(21)10-14(12)9-15/h2-4,6-8,10,15,18-22H,1,5,9,11H2. The highest BCUT2D eigenvalue weighted by atomic mass is 16.3. The van der Waals surface area contributed by atoms with Crippen LogP contribution in [0.3, 0.4) is 0 Å². The molecule has 4 N–H and O–H groups in total. The van der Waals surface area contributed by atoms with Crippen LogP contribution in [-0.2, 0) is 12.8 Å². The lowest BCUT2D eigenvalue weighted by Crippen LogP contribution is -2.37. The van der Waals surface area contributed by atoms with Gasteiger partial charge in [-0.3, -0.25) is 0 Å². The molecule has 1 aliphatic rings. The van der Waals surface area contributed by atoms with Gasteiger partial charge in [-0.25, -0.2) is 0 Å². The molecule has 1 aliphatic carbocycles. The largest absolute Gasteiger partial charge is 0.508 e. The van der Waals surface area contributed by atoms with E-state index in [-0.39, 0.29) is 5.75 Å². The van der Waals surface area contributed by atoms with E-state index in [0.29, 0.717) is 18.3 Å². The predicted octanol–water partition coefficient (Wildman–Crippen LogP) is 2.28. The second-order valence-corrected chi connectivity index (χ2v) is 5.91. The monoisotopic (exact) mass is 299 g/mol. The van der Waals surface area contributed by atoms with Gasteiger partial charge in [0.25, 0.3) is 0 Å². The van der Waals surface area contributed by atoms with E-state index in [9.17, 15) is 15.3 Å². The van der Waals surface area contributed by atoms with Crippen molar-refractivity contribution in [1.82, 2.24) is 5.32 Å². The van der Waals surface area contributed by atoms with Crippen molar-refractivity contribution >= 4 is 0 Å². The summed E-state index contributed by atoms with van der Waals surface area (Å²) in [7, 11) is 0. The average Bonchev–Trinajstić information content (AvgIpc) is 2.53. The van der Waals surface area contributed by atoms with Gasteiger partial charge < -0.3 is 20.6 Å². The van der Waals surface area contributed by atoms with Crippen LogP contribution in [0, 0.1) is 0 Å². The molecule has 4 heteroatoms. The molecule has 2 atom stereocenters. The molecule has 0 heterocycles. The molecule has 2 aromatic rings. The Bertz CT molecular complexity index is 639. The summed E-state index contributed by atoms with van der Waals surface area (Å²) in [5.41, 5.74) is 3.27. The zero-order valence-electron chi connectivity index (χ0n) is 12.4. The fraction of sp³-hybridized carbons (Fsp3) is 0.333. The van der Waals surface area contributed by atoms with Crippen molar-refractivity contribution in [2.45, 2.75) is 31.4 Å². The maximum absolute atomic E-state index is 10.2. The second kappa shape index (κ2) is 6.38. The highest BCUT2D eigenvalue weighted by molar-refractivity contribution is 5.37. The minimum Gasteiger partial charge on any atom is -0.508 e. The molecule has 116 valence electrons. The third kappa shape index (κ3) is 3.40. The van der Waals surface area contributed by atoms with Gasteiger partial charge >= 0.3 is 0 Å². The molecule has 4 nitrogen and oxygen atoms in total. The van der Waals surface area contributed by atoms with Crippen molar-refractivity contribution in [2.24, 2.45) is 0 Å². The first-order valence-electron chi connectivity index (χ1n) is 7.63. The van der Waals surface area contributed by atoms with Gasteiger partial charge in [0, 0.05) is 12.6 Å². The Labute approximate surface area is 130 Å². The van der Waals surface area contributed by atoms with E-state index in [2.05, 4.69) is 5.32 Å². The summed E-state index contributed by atoms with van der Waals surface area (Å²) in [4.78, 5) is 0. The maximum Gasteiger partial charge on any atom is 0.115 e. The van der Waals surface area contributed by atoms with E-state index in [1.54, 1.807) is 30.3 Å². The number of benzene rings is 2. The summed E-state index contributed by atoms with van der Waals surface area (Å²) in [6.07, 6.45) is 2.29. The summed E-state index contributed by atoms with van der Waals surface area (Å²) in [5.74, 6) is 0.510. The van der Waals surface area contributed by atoms with Crippen molar-refractivity contribution in [2.75, 3.05) is 6.54 Å². The molecule has 0 saturated heterocycles. The number of hydrogen-bond acceptors (Lipinski definition) is 4. The van der Waals surface area contributed by atoms with Crippen LogP contribution in [0.1, 0.15) is 29.2 Å². The smallest absolute Gasteiger partial charge is 0.115 e. The van der Waals surface area contributed by atoms with Crippen LogP contribution < -0.4 is 5.32 Å². The first kappa shape index (κ1) is 14.9. The van der Waals surface area contributed by atoms with Crippen molar-refractivity contribution in [1.29, 1.82) is 0 Å². The van der Waals surface area contributed by atoms with Crippen molar-refractivity contribution in [3.8, 4) is 11.5 Å². The molecule has 2 aromatic carbocycles. The number of hydrogen-bond donors (Lipinski definition) is 4. The lowest BCUT2D eigenvalue weighted by atomic mass is 9.88. The van der Waals surface area contributed by atoms with Crippen LogP contribution >= 0.6 is 0 Å². The van der Waals surface area contributed by atoms with E-state index < -0.39 is 6.10 Å². The number of rotatable bonds is 4. The molecule has 0 aliphatic heterocycles. The topological polar surface area (TPSA) is 72.7 Å². The first-order chi connectivity index (χ1) is 10.6. The van der Waals surface area contributed by atoms with Crippen LogP contribution in [0.4, 0.5) is 0 Å². The van der Waals surface area contributed by atoms with Crippen LogP contribution in [-0.4, -0.2) is 27.9 Å². The molecule has 0 amide bonds. The zero-order chi connectivity index (χ0) is 15.5. The highest BCUT2D eigenvalue weighted by Gasteiger charge is 2.19. The molecule has 0 aromatic heterocycles. The van der Waals surface area contributed by atoms with E-state index in [0.717, 1.165) is 24.8 Å². The van der Waals surface area contributed by atoms with Crippen LogP contribution in [0.2, 0.25) is 0 Å². The number of aryl methyl sites for hydroxylation is 1. The molecule has 3 rings (SSSR count). The van der Waals surface area contributed by atoms with Crippen molar-refractivity contribution in [3.63, 3.8) is 0 Å². The van der Waals surface area contributed by atoms with Gasteiger partial charge in [-0.2, -0.15) is 0 Å². The lowest BCUT2D eigenvalue weighted by molar-refractivity contribution is 0.168. The van der Waals surface area contributed by atoms with Gasteiger partial charge in [0.05, 0.1) is 6.10 Å². The predicted molar refractivity (Wildman–Crippen MR) is 85.0 cm³/mol. The van der Waals surface area contributed by atoms with E-state index in [1.807, 2.05) is 12.1 Å². The highest BCUT2D eigenvalue weighted by Crippen LogP contribution is 2.25. The van der Waals surface area contributed by atoms with Gasteiger partial charge in [0.2, 0.25) is 0 Å². The van der Waals surface area contributed by atoms with E-state index in [4.69, 9.17) is 0 Å². The third-order valence-corrected chi connectivity index (χ3v) is 4.30. The summed E-state index contributed by atoms with van der Waals surface area (Å²) >= 11 is 0. The minimum absolute atomic E-state index is 0.201. The first-order valence-corrected chi connectivity index (χ1v) is 7.63. The van der Waals surface area contributed by atoms with Crippen LogP contribution in [0.15, 0.2) is 42.5 Å². The Morgan fingerprint density at radius 3 is 2.50 bits per heavy atom. The quantitative estimate of drug-likeness (QED) is 0.699. The number of nitrogens with one attached hydrogen (secondary N) is 1. The van der Waals surface area contributed by atoms with Gasteiger partial charge in [-0.05, 0) is 60.2 Å². The summed E-state index contributed by atoms with van der Waals surface area (Å²) in [5, 5.41) is 32.5. The van der Waals surface area contributed by atoms with Gasteiger partial charge in [-0.15, -0.1) is 0 Å². The van der Waals surface area contributed by atoms with Crippen LogP contribution in [0.25, 0.3) is 0 Å². The van der Waals surface area contributed by atoms with Crippen molar-refractivity contribution in [3.05, 3.63) is 59.2 Å². The van der Waals surface area contributed by atoms with E-state index >= 15 is 0 Å². The molecule has 2 unspecified atom stereocenters. The van der Waals surface area contributed by atoms with Gasteiger partial charge in [0.1, 0.15) is 11.5 Å². The SMILES string of the molecule is Oc1ccc(C(O)CNC2CCc3ccc(O)cc3C2)cc1. The Kier molecular flexibility index (Phi) is 4.32. The molecule has 0 bridgehead atoms. The normalized spacial score (nSPS) is 18.7. The number of aliphatic hydroxyl groups excluding tert-OH is 1. The number of aliphatic hydroxyl groups is 1. The molecule has 0 fully saturated rings. The molecule has 0 radical (unpaired) electrons. The van der Waals surface area contributed by atoms with Crippen molar-refractivity contribution < 1.29 is 15.3 Å². The Balaban J connectivity index is 1.57. The summed E-state index contributed by atoms with van der Waals surface area (Å²) < 4.78 is 0. The number of phenols is 2. The fourth-order valence-electron chi connectivity index (χ4n) is 3.01. The molecular weight excluding hydrogens is 278 g/mol.